The van der Waals surface area contributed by atoms with Crippen LogP contribution in [-0.2, 0) is 0 Å². The molecule has 2 aromatic carbocycles. The molecular weight excluding hydrogens is 504 g/mol. The molecule has 0 N–H and O–H groups in total. The molecule has 0 radical (unpaired) electrons. The van der Waals surface area contributed by atoms with Crippen LogP contribution in [0, 0.1) is 23.7 Å². The highest BCUT2D eigenvalue weighted by atomic mass is 14.0. The van der Waals surface area contributed by atoms with Crippen molar-refractivity contribution in [3.8, 4) is 23.7 Å². The van der Waals surface area contributed by atoms with Gasteiger partial charge in [-0.3, -0.25) is 0 Å². The number of benzene rings is 2. The van der Waals surface area contributed by atoms with Crippen LogP contribution in [0.2, 0.25) is 0 Å². The molecule has 0 aliphatic rings. The topological polar surface area (TPSA) is 0 Å². The second-order valence-electron chi connectivity index (χ2n) is 12.6. The second-order valence-corrected chi connectivity index (χ2v) is 12.6. The predicted octanol–water partition coefficient (Wildman–Crippen LogP) is 13.7. The third kappa shape index (κ3) is 17.7. The van der Waals surface area contributed by atoms with Crippen LogP contribution in [0.25, 0.3) is 10.8 Å². The van der Waals surface area contributed by atoms with E-state index in [1.807, 2.05) is 0 Å². The van der Waals surface area contributed by atoms with Gasteiger partial charge in [-0.1, -0.05) is 203 Å². The van der Waals surface area contributed by atoms with Gasteiger partial charge in [0.2, 0.25) is 0 Å². The van der Waals surface area contributed by atoms with Crippen molar-refractivity contribution in [3.05, 3.63) is 47.5 Å². The molecule has 0 amide bonds. The molecule has 0 aliphatic carbocycles. The van der Waals surface area contributed by atoms with E-state index in [0.29, 0.717) is 0 Å². The van der Waals surface area contributed by atoms with Crippen LogP contribution < -0.4 is 0 Å². The van der Waals surface area contributed by atoms with Crippen molar-refractivity contribution in [2.75, 3.05) is 0 Å². The van der Waals surface area contributed by atoms with Crippen LogP contribution in [-0.4, -0.2) is 0 Å². The van der Waals surface area contributed by atoms with Gasteiger partial charge in [-0.2, -0.15) is 0 Å². The quantitative estimate of drug-likeness (QED) is 0.0872. The van der Waals surface area contributed by atoms with Crippen LogP contribution in [0.3, 0.4) is 0 Å². The number of hydrogen-bond acceptors (Lipinski definition) is 0. The van der Waals surface area contributed by atoms with E-state index in [-0.39, 0.29) is 0 Å². The van der Waals surface area contributed by atoms with Crippen LogP contribution in [0.15, 0.2) is 36.4 Å². The van der Waals surface area contributed by atoms with Gasteiger partial charge in [-0.15, -0.1) is 0 Å². The summed E-state index contributed by atoms with van der Waals surface area (Å²) < 4.78 is 0. The van der Waals surface area contributed by atoms with E-state index in [0.717, 1.165) is 24.0 Å². The van der Waals surface area contributed by atoms with Crippen molar-refractivity contribution in [2.24, 2.45) is 0 Å². The lowest BCUT2D eigenvalue weighted by Crippen LogP contribution is -1.85. The van der Waals surface area contributed by atoms with E-state index in [4.69, 9.17) is 0 Å². The Morgan fingerprint density at radius 3 is 0.952 bits per heavy atom. The van der Waals surface area contributed by atoms with Crippen molar-refractivity contribution in [2.45, 2.75) is 181 Å². The molecular formula is C42H64. The summed E-state index contributed by atoms with van der Waals surface area (Å²) in [7, 11) is 0. The first kappa shape index (κ1) is 36.0. The zero-order chi connectivity index (χ0) is 29.8. The van der Waals surface area contributed by atoms with Crippen molar-refractivity contribution >= 4 is 10.8 Å². The van der Waals surface area contributed by atoms with Gasteiger partial charge in [0.1, 0.15) is 0 Å². The van der Waals surface area contributed by atoms with Gasteiger partial charge in [0.15, 0.2) is 0 Å². The summed E-state index contributed by atoms with van der Waals surface area (Å²) in [4.78, 5) is 0. The van der Waals surface area contributed by atoms with Crippen molar-refractivity contribution in [3.63, 3.8) is 0 Å². The largest absolute Gasteiger partial charge is 0.0979 e. The van der Waals surface area contributed by atoms with Gasteiger partial charge < -0.3 is 0 Å². The molecule has 2 rings (SSSR count). The van der Waals surface area contributed by atoms with Crippen molar-refractivity contribution in [1.29, 1.82) is 0 Å². The Morgan fingerprint density at radius 2 is 0.643 bits per heavy atom. The Bertz CT molecular complexity index is 951. The van der Waals surface area contributed by atoms with Crippen LogP contribution in [0.1, 0.15) is 192 Å². The van der Waals surface area contributed by atoms with Crippen LogP contribution in [0.4, 0.5) is 0 Å². The molecule has 0 bridgehead atoms. The lowest BCUT2D eigenvalue weighted by molar-refractivity contribution is 0.545. The highest BCUT2D eigenvalue weighted by Crippen LogP contribution is 2.22. The summed E-state index contributed by atoms with van der Waals surface area (Å²) in [5, 5.41) is 2.49. The molecule has 0 unspecified atom stereocenters. The molecule has 0 fully saturated rings. The lowest BCUT2D eigenvalue weighted by atomic mass is 10.00. The molecule has 0 atom stereocenters. The van der Waals surface area contributed by atoms with Gasteiger partial charge in [0, 0.05) is 24.0 Å². The van der Waals surface area contributed by atoms with Gasteiger partial charge in [0.25, 0.3) is 0 Å². The average Bonchev–Trinajstić information content (AvgIpc) is 3.01. The Kier molecular flexibility index (Phi) is 22.7. The van der Waals surface area contributed by atoms with Crippen molar-refractivity contribution in [1.82, 2.24) is 0 Å². The lowest BCUT2D eigenvalue weighted by Gasteiger charge is -2.03. The predicted molar refractivity (Wildman–Crippen MR) is 189 cm³/mol. The summed E-state index contributed by atoms with van der Waals surface area (Å²) >= 11 is 0. The fourth-order valence-corrected chi connectivity index (χ4v) is 5.95. The number of fused-ring (bicyclic) bond motifs is 1. The maximum absolute atomic E-state index is 3.48. The Labute approximate surface area is 262 Å². The number of rotatable bonds is 24. The molecule has 0 spiro atoms. The van der Waals surface area contributed by atoms with E-state index in [2.05, 4.69) is 73.9 Å². The summed E-state index contributed by atoms with van der Waals surface area (Å²) in [5.41, 5.74) is 2.30. The Morgan fingerprint density at radius 1 is 0.357 bits per heavy atom. The van der Waals surface area contributed by atoms with Gasteiger partial charge in [0.05, 0.1) is 0 Å². The molecule has 232 valence electrons. The summed E-state index contributed by atoms with van der Waals surface area (Å²) in [6.07, 6.45) is 35.4. The molecule has 0 heteroatoms. The molecule has 0 aromatic heterocycles. The van der Waals surface area contributed by atoms with Crippen LogP contribution >= 0.6 is 0 Å². The maximum Gasteiger partial charge on any atom is 0.0324 e. The standard InChI is InChI=1S/C42H64/c1-3-5-7-9-11-13-15-17-19-21-23-25-27-29-33-39-35-31-38-42-40(36-32-37-41(39)42)34-30-28-26-24-22-20-18-16-14-12-10-8-6-4-2/h31-32,35-38H,3-28H2,1-2H3. The summed E-state index contributed by atoms with van der Waals surface area (Å²) in [6, 6.07) is 13.0. The van der Waals surface area contributed by atoms with E-state index in [1.54, 1.807) is 0 Å². The smallest absolute Gasteiger partial charge is 0.0324 e. The molecule has 0 heterocycles. The molecule has 0 nitrogen and oxygen atoms in total. The second kappa shape index (κ2) is 26.4. The maximum atomic E-state index is 3.48. The molecule has 0 saturated carbocycles. The number of hydrogen-bond donors (Lipinski definition) is 0. The van der Waals surface area contributed by atoms with E-state index in [1.165, 1.54) is 165 Å². The van der Waals surface area contributed by atoms with E-state index in [9.17, 15) is 0 Å². The fourth-order valence-electron chi connectivity index (χ4n) is 5.95. The highest BCUT2D eigenvalue weighted by molar-refractivity contribution is 5.92. The first-order valence-electron chi connectivity index (χ1n) is 18.4. The minimum Gasteiger partial charge on any atom is -0.0979 e. The molecule has 0 saturated heterocycles. The summed E-state index contributed by atoms with van der Waals surface area (Å²) in [6.45, 7) is 4.59. The minimum atomic E-state index is 1.01. The SMILES string of the molecule is CCCCCCCCCCCCCCC#Cc1cccc2c(C#CCCCCCCCCCCCCCC)cccc12. The molecule has 42 heavy (non-hydrogen) atoms. The third-order valence-corrected chi connectivity index (χ3v) is 8.68. The first-order chi connectivity index (χ1) is 20.9. The highest BCUT2D eigenvalue weighted by Gasteiger charge is 2.02. The third-order valence-electron chi connectivity index (χ3n) is 8.68. The fraction of sp³-hybridized carbons (Fsp3) is 0.667. The van der Waals surface area contributed by atoms with E-state index < -0.39 is 0 Å². The summed E-state index contributed by atoms with van der Waals surface area (Å²) in [5.74, 6) is 13.9. The monoisotopic (exact) mass is 569 g/mol. The van der Waals surface area contributed by atoms with Gasteiger partial charge in [-0.05, 0) is 35.7 Å². The molecule has 2 aromatic rings. The van der Waals surface area contributed by atoms with Gasteiger partial charge in [-0.25, -0.2) is 0 Å². The molecule has 0 aliphatic heterocycles. The average molecular weight is 569 g/mol. The zero-order valence-electron chi connectivity index (χ0n) is 27.8. The van der Waals surface area contributed by atoms with Crippen LogP contribution in [0.5, 0.6) is 0 Å². The first-order valence-corrected chi connectivity index (χ1v) is 18.4. The zero-order valence-corrected chi connectivity index (χ0v) is 27.8. The Hall–Kier alpha value is -2.18. The number of unbranched alkanes of at least 4 members (excludes halogenated alkanes) is 24. The Balaban J connectivity index is 1.60. The van der Waals surface area contributed by atoms with E-state index >= 15 is 0 Å². The van der Waals surface area contributed by atoms with Crippen molar-refractivity contribution < 1.29 is 0 Å². The normalized spacial score (nSPS) is 10.8. The minimum absolute atomic E-state index is 1.01. The van der Waals surface area contributed by atoms with Gasteiger partial charge >= 0.3 is 0 Å².